The monoisotopic (exact) mass is 306 g/mol. The van der Waals surface area contributed by atoms with Crippen LogP contribution in [0.25, 0.3) is 0 Å². The fourth-order valence-electron chi connectivity index (χ4n) is 1.36. The highest BCUT2D eigenvalue weighted by atomic mass is 35.5. The van der Waals surface area contributed by atoms with E-state index in [-0.39, 0.29) is 16.5 Å². The zero-order valence-corrected chi connectivity index (χ0v) is 12.3. The summed E-state index contributed by atoms with van der Waals surface area (Å²) in [6, 6.07) is 5.07. The smallest absolute Gasteiger partial charge is 0.151 e. The molecule has 0 bridgehead atoms. The average Bonchev–Trinajstić information content (AvgIpc) is 2.28. The van der Waals surface area contributed by atoms with Gasteiger partial charge in [0.2, 0.25) is 0 Å². The largest absolute Gasteiger partial charge is 0.389 e. The van der Waals surface area contributed by atoms with Crippen LogP contribution in [-0.2, 0) is 9.84 Å². The Morgan fingerprint density at radius 2 is 2.17 bits per heavy atom. The van der Waals surface area contributed by atoms with Crippen molar-refractivity contribution in [1.29, 1.82) is 0 Å². The van der Waals surface area contributed by atoms with Gasteiger partial charge in [-0.15, -0.1) is 0 Å². The Kier molecular flexibility index (Phi) is 5.37. The summed E-state index contributed by atoms with van der Waals surface area (Å²) in [5.41, 5.74) is 6.89. The number of anilines is 1. The number of halogens is 1. The van der Waals surface area contributed by atoms with Crippen molar-refractivity contribution >= 4 is 44.3 Å². The summed E-state index contributed by atoms with van der Waals surface area (Å²) < 4.78 is 22.7. The van der Waals surface area contributed by atoms with Gasteiger partial charge in [-0.25, -0.2) is 8.42 Å². The summed E-state index contributed by atoms with van der Waals surface area (Å²) in [6.07, 6.45) is 0. The third-order valence-electron chi connectivity index (χ3n) is 2.42. The molecule has 18 heavy (non-hydrogen) atoms. The molecule has 0 aliphatic rings. The van der Waals surface area contributed by atoms with Crippen LogP contribution in [0, 0.1) is 0 Å². The van der Waals surface area contributed by atoms with Gasteiger partial charge in [0, 0.05) is 28.6 Å². The second-order valence-electron chi connectivity index (χ2n) is 3.72. The number of benzene rings is 1. The van der Waals surface area contributed by atoms with Gasteiger partial charge in [0.1, 0.15) is 4.99 Å². The molecule has 0 heterocycles. The molecule has 0 saturated carbocycles. The molecule has 1 rings (SSSR count). The Balaban J connectivity index is 2.78. The van der Waals surface area contributed by atoms with E-state index in [0.717, 1.165) is 0 Å². The van der Waals surface area contributed by atoms with E-state index in [2.05, 4.69) is 5.32 Å². The number of nitrogens with one attached hydrogen (secondary N) is 1. The fraction of sp³-hybridized carbons (Fsp3) is 0.364. The van der Waals surface area contributed by atoms with Crippen LogP contribution in [-0.4, -0.2) is 31.5 Å². The first-order chi connectivity index (χ1) is 8.35. The SMILES string of the molecule is CCS(=O)(=O)CCNc1cc(Cl)ccc1C(N)=S. The topological polar surface area (TPSA) is 72.2 Å². The van der Waals surface area contributed by atoms with Crippen molar-refractivity contribution in [2.45, 2.75) is 6.92 Å². The van der Waals surface area contributed by atoms with Gasteiger partial charge in [-0.2, -0.15) is 0 Å². The second-order valence-corrected chi connectivity index (χ2v) is 7.07. The summed E-state index contributed by atoms with van der Waals surface area (Å²) >= 11 is 10.8. The van der Waals surface area contributed by atoms with Gasteiger partial charge >= 0.3 is 0 Å². The lowest BCUT2D eigenvalue weighted by atomic mass is 10.2. The van der Waals surface area contributed by atoms with Gasteiger partial charge in [-0.05, 0) is 18.2 Å². The van der Waals surface area contributed by atoms with Gasteiger partial charge < -0.3 is 11.1 Å². The van der Waals surface area contributed by atoms with Crippen molar-refractivity contribution in [2.24, 2.45) is 5.73 Å². The van der Waals surface area contributed by atoms with Crippen molar-refractivity contribution in [3.63, 3.8) is 0 Å². The summed E-state index contributed by atoms with van der Waals surface area (Å²) in [5.74, 6) is 0.194. The molecule has 0 amide bonds. The fourth-order valence-corrected chi connectivity index (χ4v) is 2.41. The maximum Gasteiger partial charge on any atom is 0.151 e. The van der Waals surface area contributed by atoms with E-state index in [4.69, 9.17) is 29.6 Å². The molecule has 0 aliphatic carbocycles. The highest BCUT2D eigenvalue weighted by molar-refractivity contribution is 7.91. The minimum absolute atomic E-state index is 0.0623. The van der Waals surface area contributed by atoms with E-state index in [1.165, 1.54) is 0 Å². The Bertz CT molecular complexity index is 544. The van der Waals surface area contributed by atoms with Gasteiger partial charge in [0.05, 0.1) is 5.75 Å². The van der Waals surface area contributed by atoms with Crippen molar-refractivity contribution < 1.29 is 8.42 Å². The molecule has 0 aliphatic heterocycles. The Labute approximate surface area is 117 Å². The molecule has 4 nitrogen and oxygen atoms in total. The molecule has 0 fully saturated rings. The minimum atomic E-state index is -2.99. The van der Waals surface area contributed by atoms with E-state index in [9.17, 15) is 8.42 Å². The molecule has 100 valence electrons. The normalized spacial score (nSPS) is 11.2. The minimum Gasteiger partial charge on any atom is -0.389 e. The zero-order chi connectivity index (χ0) is 13.8. The number of rotatable bonds is 6. The summed E-state index contributed by atoms with van der Waals surface area (Å²) in [7, 11) is -2.99. The third kappa shape index (κ3) is 4.44. The first-order valence-corrected chi connectivity index (χ1v) is 8.00. The number of hydrogen-bond acceptors (Lipinski definition) is 4. The van der Waals surface area contributed by atoms with Crippen LogP contribution in [0.4, 0.5) is 5.69 Å². The number of sulfone groups is 1. The van der Waals surface area contributed by atoms with Crippen LogP contribution in [0.1, 0.15) is 12.5 Å². The van der Waals surface area contributed by atoms with Gasteiger partial charge in [0.15, 0.2) is 9.84 Å². The van der Waals surface area contributed by atoms with Gasteiger partial charge in [-0.1, -0.05) is 30.7 Å². The Morgan fingerprint density at radius 1 is 1.50 bits per heavy atom. The maximum atomic E-state index is 11.4. The Hall–Kier alpha value is -0.850. The van der Waals surface area contributed by atoms with Crippen molar-refractivity contribution in [1.82, 2.24) is 0 Å². The number of nitrogens with two attached hydrogens (primary N) is 1. The second kappa shape index (κ2) is 6.36. The molecule has 0 atom stereocenters. The molecule has 1 aromatic carbocycles. The molecule has 0 saturated heterocycles. The molecule has 0 unspecified atom stereocenters. The van der Waals surface area contributed by atoms with Crippen LogP contribution in [0.5, 0.6) is 0 Å². The number of thiocarbonyl (C=S) groups is 1. The lowest BCUT2D eigenvalue weighted by Crippen LogP contribution is -2.19. The van der Waals surface area contributed by atoms with Crippen LogP contribution in [0.3, 0.4) is 0 Å². The first kappa shape index (κ1) is 15.2. The van der Waals surface area contributed by atoms with Crippen molar-refractivity contribution in [2.75, 3.05) is 23.4 Å². The van der Waals surface area contributed by atoms with Gasteiger partial charge in [0.25, 0.3) is 0 Å². The summed E-state index contributed by atoms with van der Waals surface area (Å²) in [4.78, 5) is 0.243. The zero-order valence-electron chi connectivity index (χ0n) is 9.94. The molecule has 7 heteroatoms. The molecule has 3 N–H and O–H groups in total. The van der Waals surface area contributed by atoms with E-state index < -0.39 is 9.84 Å². The predicted octanol–water partition coefficient (Wildman–Crippen LogP) is 1.82. The number of hydrogen-bond donors (Lipinski definition) is 2. The molecular weight excluding hydrogens is 292 g/mol. The lowest BCUT2D eigenvalue weighted by molar-refractivity contribution is 0.597. The van der Waals surface area contributed by atoms with Crippen LogP contribution in [0.15, 0.2) is 18.2 Å². The molecular formula is C11H15ClN2O2S2. The van der Waals surface area contributed by atoms with Crippen LogP contribution >= 0.6 is 23.8 Å². The van der Waals surface area contributed by atoms with Crippen molar-refractivity contribution in [3.05, 3.63) is 28.8 Å². The highest BCUT2D eigenvalue weighted by Gasteiger charge is 2.09. The van der Waals surface area contributed by atoms with Crippen molar-refractivity contribution in [3.8, 4) is 0 Å². The standard InChI is InChI=1S/C11H15ClN2O2S2/c1-2-18(15,16)6-5-14-10-7-8(12)3-4-9(10)11(13)17/h3-4,7,14H,2,5-6H2,1H3,(H2,13,17). The first-order valence-electron chi connectivity index (χ1n) is 5.39. The van der Waals surface area contributed by atoms with Crippen LogP contribution < -0.4 is 11.1 Å². The summed E-state index contributed by atoms with van der Waals surface area (Å²) in [6.45, 7) is 1.92. The molecule has 0 radical (unpaired) electrons. The molecule has 0 spiro atoms. The van der Waals surface area contributed by atoms with E-state index in [1.54, 1.807) is 25.1 Å². The highest BCUT2D eigenvalue weighted by Crippen LogP contribution is 2.20. The molecule has 1 aromatic rings. The Morgan fingerprint density at radius 3 is 2.72 bits per heavy atom. The maximum absolute atomic E-state index is 11.4. The van der Waals surface area contributed by atoms with Gasteiger partial charge in [-0.3, -0.25) is 0 Å². The van der Waals surface area contributed by atoms with E-state index >= 15 is 0 Å². The average molecular weight is 307 g/mol. The lowest BCUT2D eigenvalue weighted by Gasteiger charge is -2.11. The van der Waals surface area contributed by atoms with E-state index in [1.807, 2.05) is 0 Å². The molecule has 0 aromatic heterocycles. The predicted molar refractivity (Wildman–Crippen MR) is 80.2 cm³/mol. The third-order valence-corrected chi connectivity index (χ3v) is 4.58. The van der Waals surface area contributed by atoms with E-state index in [0.29, 0.717) is 22.8 Å². The quantitative estimate of drug-likeness (QED) is 0.784. The summed E-state index contributed by atoms with van der Waals surface area (Å²) in [5, 5.41) is 3.53. The van der Waals surface area contributed by atoms with Crippen LogP contribution in [0.2, 0.25) is 5.02 Å².